The van der Waals surface area contributed by atoms with Gasteiger partial charge in [-0.1, -0.05) is 12.1 Å². The number of aliphatic imine (C=N–C) groups is 1. The van der Waals surface area contributed by atoms with Crippen LogP contribution >= 0.6 is 0 Å². The molecule has 1 aromatic heterocycles. The number of aryl methyl sites for hydroxylation is 1. The highest BCUT2D eigenvalue weighted by Crippen LogP contribution is 2.32. The van der Waals surface area contributed by atoms with Crippen molar-refractivity contribution in [1.29, 1.82) is 0 Å². The van der Waals surface area contributed by atoms with E-state index in [-0.39, 0.29) is 12.8 Å². The number of carbonyl (C=O) groups excluding carboxylic acids is 1. The van der Waals surface area contributed by atoms with Crippen molar-refractivity contribution in [3.8, 4) is 11.5 Å². The van der Waals surface area contributed by atoms with Crippen LogP contribution in [0.3, 0.4) is 0 Å². The van der Waals surface area contributed by atoms with Gasteiger partial charge in [-0.2, -0.15) is 13.2 Å². The summed E-state index contributed by atoms with van der Waals surface area (Å²) < 4.78 is 58.3. The first-order valence-electron chi connectivity index (χ1n) is 10.5. The summed E-state index contributed by atoms with van der Waals surface area (Å²) in [5.41, 5.74) is -0.103. The minimum Gasteiger partial charge on any atom is -0.457 e. The van der Waals surface area contributed by atoms with Crippen LogP contribution in [0.15, 0.2) is 65.8 Å². The van der Waals surface area contributed by atoms with E-state index in [1.807, 2.05) is 0 Å². The summed E-state index contributed by atoms with van der Waals surface area (Å²) in [6.45, 7) is 1.45. The van der Waals surface area contributed by atoms with E-state index in [1.165, 1.54) is 0 Å². The summed E-state index contributed by atoms with van der Waals surface area (Å²) in [5.74, 6) is 0.277. The lowest BCUT2D eigenvalue weighted by molar-refractivity contribution is -0.137. The van der Waals surface area contributed by atoms with Gasteiger partial charge < -0.3 is 15.4 Å². The van der Waals surface area contributed by atoms with Gasteiger partial charge in [0.15, 0.2) is 0 Å². The molecule has 0 bridgehead atoms. The number of rotatable bonds is 7. The fraction of sp³-hybridized carbons (Fsp3) is 0.208. The van der Waals surface area contributed by atoms with Crippen LogP contribution in [-0.2, 0) is 17.4 Å². The van der Waals surface area contributed by atoms with Crippen LogP contribution in [0.4, 0.5) is 23.2 Å². The number of amidine groups is 1. The van der Waals surface area contributed by atoms with Crippen molar-refractivity contribution in [2.75, 3.05) is 18.4 Å². The summed E-state index contributed by atoms with van der Waals surface area (Å²) in [5, 5.41) is 5.36. The van der Waals surface area contributed by atoms with E-state index in [4.69, 9.17) is 4.74 Å². The summed E-state index contributed by atoms with van der Waals surface area (Å²) in [6.07, 6.45) is -2.78. The predicted molar refractivity (Wildman–Crippen MR) is 119 cm³/mol. The van der Waals surface area contributed by atoms with Crippen LogP contribution in [-0.4, -0.2) is 29.8 Å². The fourth-order valence-electron chi connectivity index (χ4n) is 3.34. The molecule has 0 saturated carbocycles. The molecule has 0 unspecified atom stereocenters. The number of aromatic nitrogens is 1. The molecule has 2 aromatic carbocycles. The molecule has 2 N–H and O–H groups in total. The number of amides is 1. The molecule has 0 saturated heterocycles. The van der Waals surface area contributed by atoms with Gasteiger partial charge in [-0.3, -0.25) is 14.8 Å². The number of hydrogen-bond donors (Lipinski definition) is 2. The van der Waals surface area contributed by atoms with Gasteiger partial charge in [-0.25, -0.2) is 4.39 Å². The molecule has 10 heteroatoms. The maximum atomic E-state index is 13.9. The van der Waals surface area contributed by atoms with Crippen molar-refractivity contribution in [2.24, 2.45) is 4.99 Å². The number of ether oxygens (including phenoxy) is 1. The van der Waals surface area contributed by atoms with Crippen molar-refractivity contribution >= 4 is 17.4 Å². The Morgan fingerprint density at radius 1 is 1.09 bits per heavy atom. The minimum atomic E-state index is -4.63. The second kappa shape index (κ2) is 9.90. The zero-order valence-electron chi connectivity index (χ0n) is 17.8. The second-order valence-corrected chi connectivity index (χ2v) is 7.52. The SMILES string of the molecule is O=C(CCc1cccc(Oc2ccnc(C3=NCCN3)c2)c1)Nc1cc(C(F)(F)F)ccc1F. The molecular weight excluding hydrogens is 452 g/mol. The number of nitrogens with zero attached hydrogens (tertiary/aromatic N) is 2. The fourth-order valence-corrected chi connectivity index (χ4v) is 3.34. The Labute approximate surface area is 192 Å². The molecule has 0 atom stereocenters. The standard InChI is InChI=1S/C24H20F4N4O2/c25-19-6-5-16(24(26,27)28)13-20(19)32-22(33)7-4-15-2-1-3-17(12-15)34-18-8-9-29-21(14-18)23-30-10-11-31-23/h1-3,5-6,8-9,12-14H,4,7,10-11H2,(H,30,31)(H,32,33). The Hall–Kier alpha value is -3.95. The van der Waals surface area contributed by atoms with E-state index < -0.39 is 29.2 Å². The molecule has 0 radical (unpaired) electrons. The normalized spacial score (nSPS) is 13.2. The van der Waals surface area contributed by atoms with Crippen molar-refractivity contribution in [3.05, 3.63) is 83.4 Å². The van der Waals surface area contributed by atoms with Gasteiger partial charge in [0, 0.05) is 25.2 Å². The average molecular weight is 472 g/mol. The molecule has 0 spiro atoms. The smallest absolute Gasteiger partial charge is 0.416 e. The van der Waals surface area contributed by atoms with Crippen LogP contribution in [0.2, 0.25) is 0 Å². The molecule has 6 nitrogen and oxygen atoms in total. The summed E-state index contributed by atoms with van der Waals surface area (Å²) >= 11 is 0. The molecule has 3 aromatic rings. The van der Waals surface area contributed by atoms with Gasteiger partial charge in [0.2, 0.25) is 5.91 Å². The Kier molecular flexibility index (Phi) is 6.76. The van der Waals surface area contributed by atoms with Crippen molar-refractivity contribution < 1.29 is 27.1 Å². The van der Waals surface area contributed by atoms with Crippen LogP contribution in [0, 0.1) is 5.82 Å². The highest BCUT2D eigenvalue weighted by atomic mass is 19.4. The number of benzene rings is 2. The van der Waals surface area contributed by atoms with E-state index >= 15 is 0 Å². The number of nitrogens with one attached hydrogen (secondary N) is 2. The molecular formula is C24H20F4N4O2. The average Bonchev–Trinajstić information content (AvgIpc) is 3.34. The Balaban J connectivity index is 1.37. The number of carbonyl (C=O) groups is 1. The van der Waals surface area contributed by atoms with Gasteiger partial charge >= 0.3 is 6.18 Å². The molecule has 4 rings (SSSR count). The number of alkyl halides is 3. The van der Waals surface area contributed by atoms with E-state index in [9.17, 15) is 22.4 Å². The number of anilines is 1. The van der Waals surface area contributed by atoms with E-state index in [2.05, 4.69) is 20.6 Å². The second-order valence-electron chi connectivity index (χ2n) is 7.52. The third-order valence-electron chi connectivity index (χ3n) is 4.99. The molecule has 2 heterocycles. The maximum Gasteiger partial charge on any atom is 0.416 e. The number of pyridine rings is 1. The lowest BCUT2D eigenvalue weighted by Gasteiger charge is -2.11. The van der Waals surface area contributed by atoms with Gasteiger partial charge in [-0.15, -0.1) is 0 Å². The van der Waals surface area contributed by atoms with E-state index in [0.29, 0.717) is 47.8 Å². The zero-order chi connectivity index (χ0) is 24.1. The Morgan fingerprint density at radius 3 is 2.68 bits per heavy atom. The first-order valence-corrected chi connectivity index (χ1v) is 10.5. The van der Waals surface area contributed by atoms with Crippen LogP contribution in [0.5, 0.6) is 11.5 Å². The quantitative estimate of drug-likeness (QED) is 0.477. The summed E-state index contributed by atoms with van der Waals surface area (Å²) in [6, 6.07) is 12.4. The lowest BCUT2D eigenvalue weighted by Crippen LogP contribution is -2.20. The van der Waals surface area contributed by atoms with Crippen molar-refractivity contribution in [1.82, 2.24) is 10.3 Å². The van der Waals surface area contributed by atoms with Crippen molar-refractivity contribution in [2.45, 2.75) is 19.0 Å². The van der Waals surface area contributed by atoms with Crippen LogP contribution in [0.25, 0.3) is 0 Å². The van der Waals surface area contributed by atoms with Crippen molar-refractivity contribution in [3.63, 3.8) is 0 Å². The highest BCUT2D eigenvalue weighted by Gasteiger charge is 2.31. The molecule has 1 amide bonds. The molecule has 0 fully saturated rings. The number of halogens is 4. The first-order chi connectivity index (χ1) is 16.3. The topological polar surface area (TPSA) is 75.6 Å². The lowest BCUT2D eigenvalue weighted by atomic mass is 10.1. The predicted octanol–water partition coefficient (Wildman–Crippen LogP) is 4.95. The van der Waals surface area contributed by atoms with Crippen LogP contribution < -0.4 is 15.4 Å². The Morgan fingerprint density at radius 2 is 1.91 bits per heavy atom. The monoisotopic (exact) mass is 472 g/mol. The number of hydrogen-bond acceptors (Lipinski definition) is 5. The molecule has 0 aliphatic carbocycles. The van der Waals surface area contributed by atoms with E-state index in [0.717, 1.165) is 12.1 Å². The summed E-state index contributed by atoms with van der Waals surface area (Å²) in [4.78, 5) is 20.8. The molecule has 1 aliphatic rings. The molecule has 176 valence electrons. The first kappa shape index (κ1) is 23.2. The van der Waals surface area contributed by atoms with Gasteiger partial charge in [-0.05, 0) is 48.4 Å². The third-order valence-corrected chi connectivity index (χ3v) is 4.99. The molecule has 34 heavy (non-hydrogen) atoms. The Bertz CT molecular complexity index is 1230. The summed E-state index contributed by atoms with van der Waals surface area (Å²) in [7, 11) is 0. The van der Waals surface area contributed by atoms with Gasteiger partial charge in [0.1, 0.15) is 28.8 Å². The maximum absolute atomic E-state index is 13.9. The third kappa shape index (κ3) is 5.89. The highest BCUT2D eigenvalue weighted by molar-refractivity contribution is 5.98. The minimum absolute atomic E-state index is 0.0516. The van der Waals surface area contributed by atoms with Gasteiger partial charge in [0.05, 0.1) is 17.8 Å². The zero-order valence-corrected chi connectivity index (χ0v) is 17.8. The van der Waals surface area contributed by atoms with E-state index in [1.54, 1.807) is 42.6 Å². The van der Waals surface area contributed by atoms with Gasteiger partial charge in [0.25, 0.3) is 0 Å². The van der Waals surface area contributed by atoms with Crippen LogP contribution in [0.1, 0.15) is 23.2 Å². The molecule has 1 aliphatic heterocycles. The largest absolute Gasteiger partial charge is 0.457 e.